The quantitative estimate of drug-likeness (QED) is 0.894. The zero-order valence-corrected chi connectivity index (χ0v) is 10.7. The number of nitrogens with one attached hydrogen (secondary N) is 1. The van der Waals surface area contributed by atoms with Crippen LogP contribution in [0.5, 0.6) is 5.75 Å². The van der Waals surface area contributed by atoms with Gasteiger partial charge in [-0.2, -0.15) is 0 Å². The second-order valence-corrected chi connectivity index (χ2v) is 3.74. The van der Waals surface area contributed by atoms with E-state index in [4.69, 9.17) is 4.74 Å². The molecule has 0 atom stereocenters. The molecule has 0 aliphatic rings. The molecular formula is C13H16N4O. The van der Waals surface area contributed by atoms with Gasteiger partial charge < -0.3 is 15.0 Å². The molecule has 0 spiro atoms. The van der Waals surface area contributed by atoms with Crippen molar-refractivity contribution in [2.24, 2.45) is 0 Å². The van der Waals surface area contributed by atoms with E-state index >= 15 is 0 Å². The number of rotatable bonds is 4. The van der Waals surface area contributed by atoms with Crippen molar-refractivity contribution >= 4 is 17.3 Å². The van der Waals surface area contributed by atoms with Crippen LogP contribution < -0.4 is 15.0 Å². The molecule has 0 radical (unpaired) electrons. The summed E-state index contributed by atoms with van der Waals surface area (Å²) in [4.78, 5) is 10.5. The van der Waals surface area contributed by atoms with Crippen molar-refractivity contribution in [3.8, 4) is 5.75 Å². The summed E-state index contributed by atoms with van der Waals surface area (Å²) in [5.41, 5.74) is 0.947. The van der Waals surface area contributed by atoms with E-state index in [0.717, 1.165) is 23.1 Å². The first-order valence-corrected chi connectivity index (χ1v) is 5.63. The molecule has 0 unspecified atom stereocenters. The summed E-state index contributed by atoms with van der Waals surface area (Å²) >= 11 is 0. The van der Waals surface area contributed by atoms with E-state index in [1.807, 2.05) is 43.3 Å². The van der Waals surface area contributed by atoms with Gasteiger partial charge in [-0.25, -0.2) is 4.98 Å². The number of benzene rings is 1. The van der Waals surface area contributed by atoms with Crippen LogP contribution in [0.15, 0.2) is 36.7 Å². The standard InChI is InChI=1S/C13H16N4O/c1-14-12-8-15-9-13(16-12)17(2)10-6-4-5-7-11(10)18-3/h4-9H,1-3H3,(H,14,16). The number of anilines is 3. The Morgan fingerprint density at radius 3 is 2.72 bits per heavy atom. The second-order valence-electron chi connectivity index (χ2n) is 3.74. The van der Waals surface area contributed by atoms with Crippen molar-refractivity contribution in [1.29, 1.82) is 0 Å². The van der Waals surface area contributed by atoms with E-state index in [1.165, 1.54) is 0 Å². The molecule has 94 valence electrons. The van der Waals surface area contributed by atoms with Gasteiger partial charge in [0.25, 0.3) is 0 Å². The van der Waals surface area contributed by atoms with E-state index in [1.54, 1.807) is 19.5 Å². The summed E-state index contributed by atoms with van der Waals surface area (Å²) in [6, 6.07) is 7.79. The maximum absolute atomic E-state index is 5.34. The minimum absolute atomic E-state index is 0.731. The predicted octanol–water partition coefficient (Wildman–Crippen LogP) is 2.29. The van der Waals surface area contributed by atoms with Gasteiger partial charge >= 0.3 is 0 Å². The third kappa shape index (κ3) is 2.34. The number of hydrogen-bond donors (Lipinski definition) is 1. The van der Waals surface area contributed by atoms with Crippen molar-refractivity contribution in [1.82, 2.24) is 9.97 Å². The van der Waals surface area contributed by atoms with Gasteiger partial charge in [-0.15, -0.1) is 0 Å². The highest BCUT2D eigenvalue weighted by Gasteiger charge is 2.10. The maximum atomic E-state index is 5.34. The van der Waals surface area contributed by atoms with Crippen molar-refractivity contribution in [2.45, 2.75) is 0 Å². The third-order valence-corrected chi connectivity index (χ3v) is 2.67. The molecular weight excluding hydrogens is 228 g/mol. The fraction of sp³-hybridized carbons (Fsp3) is 0.231. The molecule has 0 fully saturated rings. The van der Waals surface area contributed by atoms with Gasteiger partial charge in [0, 0.05) is 14.1 Å². The first kappa shape index (κ1) is 12.2. The molecule has 0 saturated heterocycles. The van der Waals surface area contributed by atoms with Crippen LogP contribution in [0.1, 0.15) is 0 Å². The maximum Gasteiger partial charge on any atom is 0.153 e. The summed E-state index contributed by atoms with van der Waals surface area (Å²) < 4.78 is 5.34. The Morgan fingerprint density at radius 1 is 1.22 bits per heavy atom. The molecule has 1 aromatic heterocycles. The first-order chi connectivity index (χ1) is 8.76. The van der Waals surface area contributed by atoms with Crippen LogP contribution in [0, 0.1) is 0 Å². The van der Waals surface area contributed by atoms with Crippen molar-refractivity contribution in [3.05, 3.63) is 36.7 Å². The van der Waals surface area contributed by atoms with Crippen LogP contribution in [0.4, 0.5) is 17.3 Å². The molecule has 2 rings (SSSR count). The lowest BCUT2D eigenvalue weighted by Crippen LogP contribution is -2.13. The summed E-state index contributed by atoms with van der Waals surface area (Å²) in [7, 11) is 5.40. The van der Waals surface area contributed by atoms with Gasteiger partial charge in [-0.1, -0.05) is 12.1 Å². The largest absolute Gasteiger partial charge is 0.495 e. The van der Waals surface area contributed by atoms with Crippen LogP contribution >= 0.6 is 0 Å². The van der Waals surface area contributed by atoms with Crippen molar-refractivity contribution < 1.29 is 4.74 Å². The average molecular weight is 244 g/mol. The molecule has 0 bridgehead atoms. The second kappa shape index (κ2) is 5.35. The Kier molecular flexibility index (Phi) is 3.62. The summed E-state index contributed by atoms with van der Waals surface area (Å²) in [6.45, 7) is 0. The topological polar surface area (TPSA) is 50.3 Å². The number of methoxy groups -OCH3 is 1. The van der Waals surface area contributed by atoms with Crippen LogP contribution in [0.3, 0.4) is 0 Å². The Labute approximate surface area is 106 Å². The summed E-state index contributed by atoms with van der Waals surface area (Å²) in [6.07, 6.45) is 3.40. The van der Waals surface area contributed by atoms with E-state index in [0.29, 0.717) is 0 Å². The molecule has 1 heterocycles. The predicted molar refractivity (Wildman–Crippen MR) is 72.6 cm³/mol. The highest BCUT2D eigenvalue weighted by molar-refractivity contribution is 5.66. The molecule has 18 heavy (non-hydrogen) atoms. The average Bonchev–Trinajstić information content (AvgIpc) is 2.46. The van der Waals surface area contributed by atoms with Gasteiger partial charge in [0.1, 0.15) is 11.6 Å². The molecule has 5 heteroatoms. The Morgan fingerprint density at radius 2 is 2.00 bits per heavy atom. The lowest BCUT2D eigenvalue weighted by atomic mass is 10.2. The number of hydrogen-bond acceptors (Lipinski definition) is 5. The molecule has 0 saturated carbocycles. The van der Waals surface area contributed by atoms with Crippen LogP contribution in [-0.4, -0.2) is 31.2 Å². The molecule has 0 aliphatic heterocycles. The SMILES string of the molecule is CNc1cncc(N(C)c2ccccc2OC)n1. The van der Waals surface area contributed by atoms with Gasteiger partial charge in [0.05, 0.1) is 25.2 Å². The van der Waals surface area contributed by atoms with Crippen LogP contribution in [0.25, 0.3) is 0 Å². The van der Waals surface area contributed by atoms with Gasteiger partial charge in [0.15, 0.2) is 5.82 Å². The third-order valence-electron chi connectivity index (χ3n) is 2.67. The van der Waals surface area contributed by atoms with Gasteiger partial charge in [-0.05, 0) is 12.1 Å². The number of aromatic nitrogens is 2. The summed E-state index contributed by atoms with van der Waals surface area (Å²) in [5.74, 6) is 2.29. The Hall–Kier alpha value is -2.30. The van der Waals surface area contributed by atoms with Crippen molar-refractivity contribution in [3.63, 3.8) is 0 Å². The highest BCUT2D eigenvalue weighted by atomic mass is 16.5. The molecule has 0 aliphatic carbocycles. The Balaban J connectivity index is 2.37. The first-order valence-electron chi connectivity index (χ1n) is 5.63. The molecule has 2 aromatic rings. The minimum Gasteiger partial charge on any atom is -0.495 e. The number of nitrogens with zero attached hydrogens (tertiary/aromatic N) is 3. The summed E-state index contributed by atoms with van der Waals surface area (Å²) in [5, 5.41) is 2.97. The minimum atomic E-state index is 0.731. The lowest BCUT2D eigenvalue weighted by Gasteiger charge is -2.20. The zero-order valence-electron chi connectivity index (χ0n) is 10.7. The number of para-hydroxylation sites is 2. The van der Waals surface area contributed by atoms with Crippen LogP contribution in [0.2, 0.25) is 0 Å². The fourth-order valence-corrected chi connectivity index (χ4v) is 1.67. The normalized spacial score (nSPS) is 9.94. The highest BCUT2D eigenvalue weighted by Crippen LogP contribution is 2.30. The molecule has 1 aromatic carbocycles. The van der Waals surface area contributed by atoms with E-state index in [9.17, 15) is 0 Å². The van der Waals surface area contributed by atoms with E-state index in [2.05, 4.69) is 15.3 Å². The van der Waals surface area contributed by atoms with E-state index < -0.39 is 0 Å². The smallest absolute Gasteiger partial charge is 0.153 e. The Bertz CT molecular complexity index is 530. The van der Waals surface area contributed by atoms with Gasteiger partial charge in [-0.3, -0.25) is 4.98 Å². The van der Waals surface area contributed by atoms with Gasteiger partial charge in [0.2, 0.25) is 0 Å². The zero-order chi connectivity index (χ0) is 13.0. The lowest BCUT2D eigenvalue weighted by molar-refractivity contribution is 0.415. The van der Waals surface area contributed by atoms with E-state index in [-0.39, 0.29) is 0 Å². The molecule has 5 nitrogen and oxygen atoms in total. The monoisotopic (exact) mass is 244 g/mol. The van der Waals surface area contributed by atoms with Crippen molar-refractivity contribution in [2.75, 3.05) is 31.4 Å². The number of ether oxygens (including phenoxy) is 1. The van der Waals surface area contributed by atoms with Crippen LogP contribution in [-0.2, 0) is 0 Å². The molecule has 0 amide bonds. The molecule has 1 N–H and O–H groups in total. The fourth-order valence-electron chi connectivity index (χ4n) is 1.67.